The molecule has 26 heavy (non-hydrogen) atoms. The summed E-state index contributed by atoms with van der Waals surface area (Å²) in [4.78, 5) is 21.2. The van der Waals surface area contributed by atoms with E-state index in [4.69, 9.17) is 25.8 Å². The maximum atomic E-state index is 10.7. The topological polar surface area (TPSA) is 150 Å². The van der Waals surface area contributed by atoms with E-state index in [-0.39, 0.29) is 29.6 Å². The van der Waals surface area contributed by atoms with E-state index in [1.165, 1.54) is 56.3 Å². The Balaban J connectivity index is 0.000000273. The van der Waals surface area contributed by atoms with Crippen molar-refractivity contribution in [1.82, 2.24) is 0 Å². The summed E-state index contributed by atoms with van der Waals surface area (Å²) in [6, 6.07) is 10.1. The molecule has 8 heteroatoms. The van der Waals surface area contributed by atoms with Crippen LogP contribution in [-0.4, -0.2) is 37.9 Å². The van der Waals surface area contributed by atoms with Crippen molar-refractivity contribution < 1.29 is 34.8 Å². The van der Waals surface area contributed by atoms with Gasteiger partial charge in [0.05, 0.1) is 0 Å². The minimum Gasteiger partial charge on any atom is -0.508 e. The number of carbonyl (C=O) groups excluding carboxylic acids is 1. The second-order valence-corrected chi connectivity index (χ2v) is 5.81. The number of aromatic hydroxyl groups is 3. The summed E-state index contributed by atoms with van der Waals surface area (Å²) >= 11 is 0. The van der Waals surface area contributed by atoms with Crippen LogP contribution in [0.2, 0.25) is 0 Å². The van der Waals surface area contributed by atoms with Crippen LogP contribution in [0.25, 0.3) is 0 Å². The van der Waals surface area contributed by atoms with Crippen molar-refractivity contribution in [3.05, 3.63) is 48.0 Å². The van der Waals surface area contributed by atoms with Crippen LogP contribution < -0.4 is 10.5 Å². The van der Waals surface area contributed by atoms with Crippen molar-refractivity contribution >= 4 is 11.9 Å². The zero-order chi connectivity index (χ0) is 19.9. The average molecular weight is 363 g/mol. The predicted octanol–water partition coefficient (Wildman–Crippen LogP) is 1.76. The average Bonchev–Trinajstić information content (AvgIpc) is 2.53. The van der Waals surface area contributed by atoms with Gasteiger partial charge in [0, 0.05) is 13.3 Å². The van der Waals surface area contributed by atoms with Crippen molar-refractivity contribution in [1.29, 1.82) is 0 Å². The lowest BCUT2D eigenvalue weighted by atomic mass is 9.94. The molecule has 0 bridgehead atoms. The van der Waals surface area contributed by atoms with E-state index in [1.54, 1.807) is 0 Å². The van der Waals surface area contributed by atoms with Gasteiger partial charge in [0.15, 0.2) is 11.5 Å². The summed E-state index contributed by atoms with van der Waals surface area (Å²) in [6.45, 7) is 2.71. The van der Waals surface area contributed by atoms with Crippen LogP contribution in [0.1, 0.15) is 19.4 Å². The van der Waals surface area contributed by atoms with Crippen LogP contribution in [0, 0.1) is 0 Å². The van der Waals surface area contributed by atoms with Gasteiger partial charge in [0.1, 0.15) is 17.0 Å². The zero-order valence-corrected chi connectivity index (χ0v) is 14.3. The molecule has 0 aromatic heterocycles. The summed E-state index contributed by atoms with van der Waals surface area (Å²) < 4.78 is 4.72. The Hall–Kier alpha value is -3.26. The number of aliphatic carboxylic acids is 1. The summed E-state index contributed by atoms with van der Waals surface area (Å²) in [5, 5.41) is 35.9. The van der Waals surface area contributed by atoms with Crippen molar-refractivity contribution in [3.8, 4) is 23.0 Å². The number of hydrogen-bond acceptors (Lipinski definition) is 7. The molecule has 0 radical (unpaired) electrons. The molecule has 0 spiro atoms. The fraction of sp³-hybridized carbons (Fsp3) is 0.222. The molecule has 0 fully saturated rings. The standard InChI is InChI=1S/C10H13NO4.C8H8O3/c1-10(11,9(14)15)5-6-2-3-7(12)8(13)4-6;1-6(9)11-8-4-2-7(10)3-5-8/h2-4,12-13H,5,11H2,1H3,(H,14,15);2-5,10H,1H3. The fourth-order valence-corrected chi connectivity index (χ4v) is 1.86. The van der Waals surface area contributed by atoms with Crippen molar-refractivity contribution in [2.45, 2.75) is 25.8 Å². The normalized spacial score (nSPS) is 12.3. The van der Waals surface area contributed by atoms with Crippen molar-refractivity contribution in [2.24, 2.45) is 5.73 Å². The van der Waals surface area contributed by atoms with Crippen LogP contribution in [0.15, 0.2) is 42.5 Å². The number of ether oxygens (including phenoxy) is 1. The number of carboxylic acid groups (broad SMARTS) is 1. The fourth-order valence-electron chi connectivity index (χ4n) is 1.86. The predicted molar refractivity (Wildman–Crippen MR) is 93.1 cm³/mol. The van der Waals surface area contributed by atoms with Gasteiger partial charge >= 0.3 is 11.9 Å². The minimum absolute atomic E-state index is 0.0795. The van der Waals surface area contributed by atoms with Gasteiger partial charge in [-0.05, 0) is 48.9 Å². The lowest BCUT2D eigenvalue weighted by molar-refractivity contribution is -0.142. The second kappa shape index (κ2) is 8.72. The number of carboxylic acids is 1. The zero-order valence-electron chi connectivity index (χ0n) is 14.3. The van der Waals surface area contributed by atoms with Gasteiger partial charge in [0.25, 0.3) is 0 Å². The first kappa shape index (κ1) is 20.8. The number of carbonyl (C=O) groups is 2. The molecule has 2 aromatic carbocycles. The number of phenolic OH excluding ortho intramolecular Hbond substituents is 3. The Bertz CT molecular complexity index is 770. The number of nitrogens with two attached hydrogens (primary N) is 1. The molecule has 2 aromatic rings. The first-order chi connectivity index (χ1) is 12.0. The monoisotopic (exact) mass is 363 g/mol. The summed E-state index contributed by atoms with van der Waals surface area (Å²) in [5.74, 6) is -1.41. The Morgan fingerprint density at radius 2 is 1.62 bits per heavy atom. The molecular formula is C18H21NO7. The number of esters is 1. The summed E-state index contributed by atoms with van der Waals surface area (Å²) in [5.41, 5.74) is 4.70. The molecule has 8 nitrogen and oxygen atoms in total. The SMILES string of the molecule is CC(=O)Oc1ccc(O)cc1.CC(N)(Cc1ccc(O)c(O)c1)C(=O)O. The lowest BCUT2D eigenvalue weighted by Crippen LogP contribution is -2.46. The summed E-state index contributed by atoms with van der Waals surface area (Å²) in [7, 11) is 0. The van der Waals surface area contributed by atoms with E-state index in [1.807, 2.05) is 0 Å². The van der Waals surface area contributed by atoms with Crippen LogP contribution in [0.4, 0.5) is 0 Å². The first-order valence-electron chi connectivity index (χ1n) is 7.52. The third-order valence-corrected chi connectivity index (χ3v) is 3.20. The Morgan fingerprint density at radius 3 is 2.08 bits per heavy atom. The van der Waals surface area contributed by atoms with E-state index in [2.05, 4.69) is 0 Å². The highest BCUT2D eigenvalue weighted by Gasteiger charge is 2.28. The smallest absolute Gasteiger partial charge is 0.323 e. The molecule has 1 unspecified atom stereocenters. The number of rotatable bonds is 4. The van der Waals surface area contributed by atoms with E-state index in [9.17, 15) is 14.7 Å². The van der Waals surface area contributed by atoms with Crippen molar-refractivity contribution in [2.75, 3.05) is 0 Å². The van der Waals surface area contributed by atoms with Gasteiger partial charge in [-0.25, -0.2) is 0 Å². The maximum Gasteiger partial charge on any atom is 0.323 e. The van der Waals surface area contributed by atoms with Crippen LogP contribution >= 0.6 is 0 Å². The number of phenols is 3. The van der Waals surface area contributed by atoms with Crippen LogP contribution in [0.3, 0.4) is 0 Å². The van der Waals surface area contributed by atoms with E-state index in [0.29, 0.717) is 11.3 Å². The quantitative estimate of drug-likeness (QED) is 0.313. The third-order valence-electron chi connectivity index (χ3n) is 3.20. The molecule has 2 rings (SSSR count). The highest BCUT2D eigenvalue weighted by Crippen LogP contribution is 2.26. The molecule has 0 aliphatic heterocycles. The molecule has 0 saturated heterocycles. The molecule has 0 amide bonds. The van der Waals surface area contributed by atoms with E-state index >= 15 is 0 Å². The molecule has 1 atom stereocenters. The molecule has 0 aliphatic carbocycles. The lowest BCUT2D eigenvalue weighted by Gasteiger charge is -2.19. The Kier molecular flexibility index (Phi) is 6.97. The highest BCUT2D eigenvalue weighted by atomic mass is 16.5. The van der Waals surface area contributed by atoms with E-state index in [0.717, 1.165) is 0 Å². The second-order valence-electron chi connectivity index (χ2n) is 5.81. The van der Waals surface area contributed by atoms with Gasteiger partial charge in [-0.1, -0.05) is 6.07 Å². The first-order valence-corrected chi connectivity index (χ1v) is 7.52. The number of benzene rings is 2. The molecule has 0 saturated carbocycles. The van der Waals surface area contributed by atoms with Gasteiger partial charge in [0.2, 0.25) is 0 Å². The van der Waals surface area contributed by atoms with E-state index < -0.39 is 11.5 Å². The van der Waals surface area contributed by atoms with Crippen molar-refractivity contribution in [3.63, 3.8) is 0 Å². The summed E-state index contributed by atoms with van der Waals surface area (Å²) in [6.07, 6.45) is 0.0795. The minimum atomic E-state index is -1.39. The van der Waals surface area contributed by atoms with Gasteiger partial charge in [-0.2, -0.15) is 0 Å². The van der Waals surface area contributed by atoms with Crippen LogP contribution in [0.5, 0.6) is 23.0 Å². The molecule has 140 valence electrons. The Morgan fingerprint density at radius 1 is 1.04 bits per heavy atom. The number of hydrogen-bond donors (Lipinski definition) is 5. The molecule has 6 N–H and O–H groups in total. The largest absolute Gasteiger partial charge is 0.508 e. The molecule has 0 heterocycles. The molecular weight excluding hydrogens is 342 g/mol. The molecule has 0 aliphatic rings. The Labute approximate surface area is 150 Å². The highest BCUT2D eigenvalue weighted by molar-refractivity contribution is 5.78. The van der Waals surface area contributed by atoms with Gasteiger partial charge in [-0.15, -0.1) is 0 Å². The van der Waals surface area contributed by atoms with Gasteiger partial charge < -0.3 is 30.9 Å². The van der Waals surface area contributed by atoms with Crippen LogP contribution in [-0.2, 0) is 16.0 Å². The van der Waals surface area contributed by atoms with Gasteiger partial charge in [-0.3, -0.25) is 9.59 Å². The third kappa shape index (κ3) is 6.70. The maximum absolute atomic E-state index is 10.7.